The van der Waals surface area contributed by atoms with Gasteiger partial charge in [0.1, 0.15) is 5.75 Å². The van der Waals surface area contributed by atoms with E-state index >= 15 is 0 Å². The second kappa shape index (κ2) is 2.99. The second-order valence-electron chi connectivity index (χ2n) is 4.26. The first kappa shape index (κ1) is 8.30. The predicted molar refractivity (Wildman–Crippen MR) is 55.5 cm³/mol. The van der Waals surface area contributed by atoms with Crippen LogP contribution in [0.15, 0.2) is 12.1 Å². The first-order valence-electron chi connectivity index (χ1n) is 5.38. The lowest BCUT2D eigenvalue weighted by molar-refractivity contribution is 0.356. The van der Waals surface area contributed by atoms with E-state index in [1.807, 2.05) is 0 Å². The van der Waals surface area contributed by atoms with Gasteiger partial charge in [-0.15, -0.1) is 0 Å². The summed E-state index contributed by atoms with van der Waals surface area (Å²) in [6.45, 7) is 0.841. The van der Waals surface area contributed by atoms with Crippen LogP contribution in [0.4, 0.5) is 0 Å². The number of rotatable bonds is 0. The van der Waals surface area contributed by atoms with Crippen molar-refractivity contribution in [3.8, 4) is 5.75 Å². The molecule has 1 atom stereocenters. The molecule has 0 saturated heterocycles. The van der Waals surface area contributed by atoms with Crippen LogP contribution in [0.25, 0.3) is 0 Å². The molecule has 0 amide bonds. The van der Waals surface area contributed by atoms with Crippen LogP contribution in [0.1, 0.15) is 35.6 Å². The fraction of sp³-hybridized carbons (Fsp3) is 0.500. The van der Waals surface area contributed by atoms with Crippen molar-refractivity contribution < 1.29 is 4.74 Å². The Bertz CT molecular complexity index is 373. The maximum Gasteiger partial charge on any atom is 0.122 e. The summed E-state index contributed by atoms with van der Waals surface area (Å²) in [6, 6.07) is 4.70. The zero-order chi connectivity index (χ0) is 9.54. The molecule has 1 aromatic rings. The predicted octanol–water partition coefficient (Wildman–Crippen LogP) is 1.96. The van der Waals surface area contributed by atoms with Crippen LogP contribution in [0.2, 0.25) is 0 Å². The van der Waals surface area contributed by atoms with E-state index in [2.05, 4.69) is 12.1 Å². The van der Waals surface area contributed by atoms with Crippen LogP contribution in [0.3, 0.4) is 0 Å². The molecule has 1 heterocycles. The van der Waals surface area contributed by atoms with E-state index in [0.717, 1.165) is 25.2 Å². The maximum atomic E-state index is 6.08. The quantitative estimate of drug-likeness (QED) is 0.677. The zero-order valence-corrected chi connectivity index (χ0v) is 8.25. The molecule has 2 aliphatic rings. The maximum absolute atomic E-state index is 6.08. The van der Waals surface area contributed by atoms with E-state index in [1.54, 1.807) is 0 Å². The summed E-state index contributed by atoms with van der Waals surface area (Å²) in [7, 11) is 0. The third-order valence-electron chi connectivity index (χ3n) is 3.31. The average molecular weight is 189 g/mol. The minimum Gasteiger partial charge on any atom is -0.493 e. The van der Waals surface area contributed by atoms with E-state index in [9.17, 15) is 0 Å². The topological polar surface area (TPSA) is 35.2 Å². The summed E-state index contributed by atoms with van der Waals surface area (Å²) in [6.07, 6.45) is 4.60. The molecule has 14 heavy (non-hydrogen) atoms. The molecule has 0 radical (unpaired) electrons. The monoisotopic (exact) mass is 189 g/mol. The van der Waals surface area contributed by atoms with Gasteiger partial charge in [0.2, 0.25) is 0 Å². The van der Waals surface area contributed by atoms with Gasteiger partial charge in [-0.2, -0.15) is 0 Å². The van der Waals surface area contributed by atoms with E-state index in [0.29, 0.717) is 0 Å². The van der Waals surface area contributed by atoms with Crippen molar-refractivity contribution in [3.05, 3.63) is 28.8 Å². The standard InChI is InChI=1S/C12H15NO/c13-11-3-1-2-8-6-9-4-5-14-12(9)7-10(8)11/h6-7,11H,1-5,13H2/t11-/m0/s1. The second-order valence-corrected chi connectivity index (χ2v) is 4.26. The number of hydrogen-bond donors (Lipinski definition) is 1. The van der Waals surface area contributed by atoms with Crippen LogP contribution < -0.4 is 10.5 Å². The van der Waals surface area contributed by atoms with Gasteiger partial charge >= 0.3 is 0 Å². The minimum atomic E-state index is 0.230. The van der Waals surface area contributed by atoms with Crippen molar-refractivity contribution in [3.63, 3.8) is 0 Å². The molecule has 0 saturated carbocycles. The van der Waals surface area contributed by atoms with Gasteiger partial charge in [0.05, 0.1) is 6.61 Å². The van der Waals surface area contributed by atoms with Gasteiger partial charge in [0.15, 0.2) is 0 Å². The fourth-order valence-corrected chi connectivity index (χ4v) is 2.52. The molecule has 0 spiro atoms. The number of benzene rings is 1. The molecule has 1 aliphatic heterocycles. The zero-order valence-electron chi connectivity index (χ0n) is 8.25. The van der Waals surface area contributed by atoms with Crippen molar-refractivity contribution in [2.24, 2.45) is 5.73 Å². The first-order chi connectivity index (χ1) is 6.84. The molecule has 74 valence electrons. The van der Waals surface area contributed by atoms with E-state index in [-0.39, 0.29) is 6.04 Å². The summed E-state index contributed by atoms with van der Waals surface area (Å²) in [5, 5.41) is 0. The van der Waals surface area contributed by atoms with Crippen LogP contribution >= 0.6 is 0 Å². The van der Waals surface area contributed by atoms with E-state index in [4.69, 9.17) is 10.5 Å². The molecule has 1 aliphatic carbocycles. The smallest absolute Gasteiger partial charge is 0.122 e. The Morgan fingerprint density at radius 1 is 1.21 bits per heavy atom. The SMILES string of the molecule is N[C@H]1CCCc2cc3c(cc21)OCC3. The Kier molecular flexibility index (Phi) is 1.77. The van der Waals surface area contributed by atoms with Crippen LogP contribution in [0.5, 0.6) is 5.75 Å². The number of hydrogen-bond acceptors (Lipinski definition) is 2. The van der Waals surface area contributed by atoms with Gasteiger partial charge in [0.25, 0.3) is 0 Å². The van der Waals surface area contributed by atoms with Crippen LogP contribution in [0, 0.1) is 0 Å². The molecule has 2 nitrogen and oxygen atoms in total. The highest BCUT2D eigenvalue weighted by Crippen LogP contribution is 2.35. The Morgan fingerprint density at radius 2 is 2.14 bits per heavy atom. The van der Waals surface area contributed by atoms with Gasteiger partial charge < -0.3 is 10.5 Å². The molecule has 0 unspecified atom stereocenters. The highest BCUT2D eigenvalue weighted by molar-refractivity contribution is 5.46. The van der Waals surface area contributed by atoms with Crippen molar-refractivity contribution in [1.29, 1.82) is 0 Å². The average Bonchev–Trinajstić information content (AvgIpc) is 2.62. The van der Waals surface area contributed by atoms with Crippen molar-refractivity contribution in [2.45, 2.75) is 31.7 Å². The van der Waals surface area contributed by atoms with Gasteiger partial charge in [-0.1, -0.05) is 6.07 Å². The van der Waals surface area contributed by atoms with Crippen molar-refractivity contribution in [2.75, 3.05) is 6.61 Å². The lowest BCUT2D eigenvalue weighted by Crippen LogP contribution is -2.17. The molecular formula is C12H15NO. The van der Waals surface area contributed by atoms with Crippen LogP contribution in [-0.4, -0.2) is 6.61 Å². The molecule has 2 N–H and O–H groups in total. The highest BCUT2D eigenvalue weighted by atomic mass is 16.5. The van der Waals surface area contributed by atoms with Gasteiger partial charge in [-0.05, 0) is 42.0 Å². The van der Waals surface area contributed by atoms with E-state index < -0.39 is 0 Å². The minimum absolute atomic E-state index is 0.230. The first-order valence-corrected chi connectivity index (χ1v) is 5.38. The van der Waals surface area contributed by atoms with Crippen LogP contribution in [-0.2, 0) is 12.8 Å². The van der Waals surface area contributed by atoms with E-state index in [1.165, 1.54) is 29.5 Å². The molecular weight excluding hydrogens is 174 g/mol. The molecule has 0 bridgehead atoms. The lowest BCUT2D eigenvalue weighted by atomic mass is 9.87. The number of ether oxygens (including phenoxy) is 1. The third-order valence-corrected chi connectivity index (χ3v) is 3.31. The summed E-state index contributed by atoms with van der Waals surface area (Å²) in [5.74, 6) is 1.07. The third kappa shape index (κ3) is 1.14. The largest absolute Gasteiger partial charge is 0.493 e. The summed E-state index contributed by atoms with van der Waals surface area (Å²) >= 11 is 0. The molecule has 0 aromatic heterocycles. The molecule has 3 rings (SSSR count). The normalized spacial score (nSPS) is 23.9. The summed E-state index contributed by atoms with van der Waals surface area (Å²) < 4.78 is 5.56. The van der Waals surface area contributed by atoms with Crippen molar-refractivity contribution in [1.82, 2.24) is 0 Å². The Labute approximate surface area is 84.1 Å². The molecule has 2 heteroatoms. The lowest BCUT2D eigenvalue weighted by Gasteiger charge is -2.22. The Balaban J connectivity index is 2.12. The fourth-order valence-electron chi connectivity index (χ4n) is 2.52. The number of aryl methyl sites for hydroxylation is 1. The molecule has 0 fully saturated rings. The van der Waals surface area contributed by atoms with Gasteiger partial charge in [-0.25, -0.2) is 0 Å². The Morgan fingerprint density at radius 3 is 3.07 bits per heavy atom. The Hall–Kier alpha value is -1.02. The van der Waals surface area contributed by atoms with Gasteiger partial charge in [-0.3, -0.25) is 0 Å². The number of nitrogens with two attached hydrogens (primary N) is 1. The number of fused-ring (bicyclic) bond motifs is 2. The van der Waals surface area contributed by atoms with Gasteiger partial charge in [0, 0.05) is 12.5 Å². The summed E-state index contributed by atoms with van der Waals surface area (Å²) in [5.41, 5.74) is 10.2. The van der Waals surface area contributed by atoms with Crippen molar-refractivity contribution >= 4 is 0 Å². The highest BCUT2D eigenvalue weighted by Gasteiger charge is 2.21. The summed E-state index contributed by atoms with van der Waals surface area (Å²) in [4.78, 5) is 0. The molecule has 1 aromatic carbocycles.